The van der Waals surface area contributed by atoms with Gasteiger partial charge in [0, 0.05) is 37.7 Å². The Morgan fingerprint density at radius 2 is 1.91 bits per heavy atom. The van der Waals surface area contributed by atoms with Crippen LogP contribution in [0.2, 0.25) is 0 Å². The van der Waals surface area contributed by atoms with Gasteiger partial charge in [0.25, 0.3) is 0 Å². The molecule has 1 heterocycles. The van der Waals surface area contributed by atoms with E-state index in [2.05, 4.69) is 0 Å². The number of rotatable bonds is 7. The molecule has 0 spiro atoms. The molecule has 5 heteroatoms. The van der Waals surface area contributed by atoms with Gasteiger partial charge in [0.15, 0.2) is 0 Å². The molecule has 0 aliphatic heterocycles. The van der Waals surface area contributed by atoms with Crippen molar-refractivity contribution in [3.63, 3.8) is 0 Å². The van der Waals surface area contributed by atoms with Crippen molar-refractivity contribution in [2.75, 3.05) is 26.3 Å². The molecule has 1 aromatic carbocycles. The van der Waals surface area contributed by atoms with E-state index in [9.17, 15) is 9.90 Å². The first-order chi connectivity index (χ1) is 10.6. The zero-order valence-corrected chi connectivity index (χ0v) is 13.1. The van der Waals surface area contributed by atoms with Crippen molar-refractivity contribution in [3.8, 4) is 0 Å². The molecule has 2 N–H and O–H groups in total. The summed E-state index contributed by atoms with van der Waals surface area (Å²) in [5, 5.41) is 19.1. The minimum atomic E-state index is -0.359. The van der Waals surface area contributed by atoms with Crippen LogP contribution in [0, 0.1) is 13.8 Å². The smallest absolute Gasteiger partial charge is 0.336 e. The average molecular weight is 305 g/mol. The van der Waals surface area contributed by atoms with E-state index in [1.54, 1.807) is 0 Å². The number of hydrogen-bond donors (Lipinski definition) is 2. The summed E-state index contributed by atoms with van der Waals surface area (Å²) in [7, 11) is 0. The van der Waals surface area contributed by atoms with Crippen LogP contribution in [0.1, 0.15) is 23.1 Å². The lowest BCUT2D eigenvalue weighted by Crippen LogP contribution is -2.28. The minimum absolute atomic E-state index is 0.0446. The molecule has 0 fully saturated rings. The quantitative estimate of drug-likeness (QED) is 0.760. The third-order valence-electron chi connectivity index (χ3n) is 3.96. The van der Waals surface area contributed by atoms with Crippen LogP contribution in [0.25, 0.3) is 11.0 Å². The van der Waals surface area contributed by atoms with Crippen LogP contribution in [0.4, 0.5) is 0 Å². The van der Waals surface area contributed by atoms with Gasteiger partial charge in [0.05, 0.1) is 6.61 Å². The Bertz CT molecular complexity index is 693. The number of aliphatic hydroxyl groups excluding tert-OH is 2. The molecule has 1 aromatic heterocycles. The Morgan fingerprint density at radius 1 is 1.14 bits per heavy atom. The second-order valence-electron chi connectivity index (χ2n) is 5.55. The zero-order chi connectivity index (χ0) is 16.1. The van der Waals surface area contributed by atoms with E-state index in [1.165, 1.54) is 6.07 Å². The summed E-state index contributed by atoms with van der Waals surface area (Å²) < 4.78 is 5.37. The van der Waals surface area contributed by atoms with E-state index in [-0.39, 0.29) is 18.8 Å². The molecule has 120 valence electrons. The molecule has 0 amide bonds. The molecule has 0 radical (unpaired) electrons. The number of benzene rings is 1. The van der Waals surface area contributed by atoms with Crippen molar-refractivity contribution in [2.24, 2.45) is 0 Å². The van der Waals surface area contributed by atoms with Gasteiger partial charge in [-0.15, -0.1) is 0 Å². The Morgan fingerprint density at radius 3 is 2.59 bits per heavy atom. The van der Waals surface area contributed by atoms with Gasteiger partial charge in [0.1, 0.15) is 5.58 Å². The second kappa shape index (κ2) is 7.54. The highest BCUT2D eigenvalue weighted by atomic mass is 16.4. The summed E-state index contributed by atoms with van der Waals surface area (Å²) in [6.45, 7) is 5.81. The fourth-order valence-electron chi connectivity index (χ4n) is 2.60. The monoisotopic (exact) mass is 305 g/mol. The van der Waals surface area contributed by atoms with E-state index in [4.69, 9.17) is 9.52 Å². The summed E-state index contributed by atoms with van der Waals surface area (Å²) in [4.78, 5) is 13.9. The molecule has 2 rings (SSSR count). The lowest BCUT2D eigenvalue weighted by atomic mass is 10.0. The molecule has 22 heavy (non-hydrogen) atoms. The van der Waals surface area contributed by atoms with Crippen molar-refractivity contribution in [1.82, 2.24) is 4.90 Å². The first-order valence-corrected chi connectivity index (χ1v) is 7.54. The Labute approximate surface area is 129 Å². The Hall–Kier alpha value is -1.69. The van der Waals surface area contributed by atoms with Gasteiger partial charge in [-0.25, -0.2) is 4.79 Å². The van der Waals surface area contributed by atoms with E-state index in [1.807, 2.05) is 30.9 Å². The summed E-state index contributed by atoms with van der Waals surface area (Å²) in [5.74, 6) is 0. The van der Waals surface area contributed by atoms with Crippen molar-refractivity contribution >= 4 is 11.0 Å². The predicted octanol–water partition coefficient (Wildman–Crippen LogP) is 1.59. The number of fused-ring (bicyclic) bond motifs is 1. The average Bonchev–Trinajstić information content (AvgIpc) is 2.49. The highest BCUT2D eigenvalue weighted by Gasteiger charge is 2.12. The van der Waals surface area contributed by atoms with Gasteiger partial charge in [0.2, 0.25) is 0 Å². The first kappa shape index (κ1) is 16.7. The zero-order valence-electron chi connectivity index (χ0n) is 13.1. The SMILES string of the molecule is Cc1ccc2c(CN(CCO)CCCO)cc(=O)oc2c1C. The summed E-state index contributed by atoms with van der Waals surface area (Å²) in [5.41, 5.74) is 3.22. The van der Waals surface area contributed by atoms with Crippen molar-refractivity contribution < 1.29 is 14.6 Å². The van der Waals surface area contributed by atoms with Crippen molar-refractivity contribution in [2.45, 2.75) is 26.8 Å². The summed E-state index contributed by atoms with van der Waals surface area (Å²) in [6, 6.07) is 5.50. The van der Waals surface area contributed by atoms with Crippen LogP contribution in [0.3, 0.4) is 0 Å². The van der Waals surface area contributed by atoms with Gasteiger partial charge < -0.3 is 14.6 Å². The normalized spacial score (nSPS) is 11.5. The van der Waals surface area contributed by atoms with Gasteiger partial charge in [-0.05, 0) is 37.0 Å². The van der Waals surface area contributed by atoms with E-state index < -0.39 is 0 Å². The largest absolute Gasteiger partial charge is 0.422 e. The number of aryl methyl sites for hydroxylation is 2. The van der Waals surface area contributed by atoms with Crippen LogP contribution in [0.5, 0.6) is 0 Å². The van der Waals surface area contributed by atoms with Crippen molar-refractivity contribution in [1.29, 1.82) is 0 Å². The summed E-state index contributed by atoms with van der Waals surface area (Å²) in [6.07, 6.45) is 0.636. The third kappa shape index (κ3) is 3.74. The van der Waals surface area contributed by atoms with E-state index in [0.717, 1.165) is 22.1 Å². The summed E-state index contributed by atoms with van der Waals surface area (Å²) >= 11 is 0. The maximum atomic E-state index is 11.8. The second-order valence-corrected chi connectivity index (χ2v) is 5.55. The van der Waals surface area contributed by atoms with E-state index >= 15 is 0 Å². The third-order valence-corrected chi connectivity index (χ3v) is 3.96. The molecule has 0 aliphatic carbocycles. The van der Waals surface area contributed by atoms with Gasteiger partial charge in [-0.3, -0.25) is 4.90 Å². The van der Waals surface area contributed by atoms with Crippen LogP contribution >= 0.6 is 0 Å². The number of hydrogen-bond acceptors (Lipinski definition) is 5. The minimum Gasteiger partial charge on any atom is -0.422 e. The molecule has 0 saturated heterocycles. The maximum Gasteiger partial charge on any atom is 0.336 e. The van der Waals surface area contributed by atoms with Crippen LogP contribution in [0.15, 0.2) is 27.4 Å². The van der Waals surface area contributed by atoms with Crippen molar-refractivity contribution in [3.05, 3.63) is 45.3 Å². The molecule has 0 bridgehead atoms. The van der Waals surface area contributed by atoms with Gasteiger partial charge in [-0.2, -0.15) is 0 Å². The molecular formula is C17H23NO4. The Balaban J connectivity index is 2.41. The fraction of sp³-hybridized carbons (Fsp3) is 0.471. The fourth-order valence-corrected chi connectivity index (χ4v) is 2.60. The van der Waals surface area contributed by atoms with Gasteiger partial charge >= 0.3 is 5.63 Å². The lowest BCUT2D eigenvalue weighted by Gasteiger charge is -2.21. The van der Waals surface area contributed by atoms with Crippen LogP contribution in [-0.4, -0.2) is 41.4 Å². The highest BCUT2D eigenvalue weighted by molar-refractivity contribution is 5.83. The number of aliphatic hydroxyl groups is 2. The molecule has 5 nitrogen and oxygen atoms in total. The molecule has 0 saturated carbocycles. The molecule has 2 aromatic rings. The van der Waals surface area contributed by atoms with Gasteiger partial charge in [-0.1, -0.05) is 12.1 Å². The predicted molar refractivity (Wildman–Crippen MR) is 86.0 cm³/mol. The first-order valence-electron chi connectivity index (χ1n) is 7.54. The maximum absolute atomic E-state index is 11.8. The topological polar surface area (TPSA) is 73.9 Å². The van der Waals surface area contributed by atoms with Crippen LogP contribution in [-0.2, 0) is 6.54 Å². The Kier molecular flexibility index (Phi) is 5.71. The van der Waals surface area contributed by atoms with Crippen LogP contribution < -0.4 is 5.63 Å². The lowest BCUT2D eigenvalue weighted by molar-refractivity contribution is 0.174. The highest BCUT2D eigenvalue weighted by Crippen LogP contribution is 2.24. The molecule has 0 atom stereocenters. The molecule has 0 unspecified atom stereocenters. The standard InChI is InChI=1S/C17H23NO4/c1-12-4-5-15-14(10-16(21)22-17(15)13(12)2)11-18(7-9-20)6-3-8-19/h4-5,10,19-20H,3,6-9,11H2,1-2H3. The molecule has 0 aliphatic rings. The van der Waals surface area contributed by atoms with E-state index in [0.29, 0.717) is 31.6 Å². The molecular weight excluding hydrogens is 282 g/mol. The number of nitrogens with zero attached hydrogens (tertiary/aromatic N) is 1.